The number of carbonyl (C=O) groups is 2. The molecular formula is C34H27N3O2. The molecule has 0 unspecified atom stereocenters. The lowest BCUT2D eigenvalue weighted by Gasteiger charge is -2.37. The molecule has 0 spiro atoms. The molecule has 7 rings (SSSR count). The molecule has 4 aromatic carbocycles. The van der Waals surface area contributed by atoms with E-state index in [2.05, 4.69) is 83.6 Å². The fourth-order valence-corrected chi connectivity index (χ4v) is 6.15. The second kappa shape index (κ2) is 9.21. The Balaban J connectivity index is 1.24. The van der Waals surface area contributed by atoms with Crippen LogP contribution in [0, 0.1) is 5.92 Å². The van der Waals surface area contributed by atoms with Gasteiger partial charge in [-0.25, -0.2) is 4.98 Å². The van der Waals surface area contributed by atoms with Crippen LogP contribution in [0.1, 0.15) is 55.4 Å². The van der Waals surface area contributed by atoms with Crippen LogP contribution in [0.4, 0.5) is 0 Å². The number of nitrogens with zero attached hydrogens (tertiary/aromatic N) is 3. The molecule has 2 aliphatic rings. The monoisotopic (exact) mass is 509 g/mol. The Bertz CT molecular complexity index is 1530. The third kappa shape index (κ3) is 3.73. The highest BCUT2D eigenvalue weighted by Gasteiger charge is 2.46. The van der Waals surface area contributed by atoms with E-state index < -0.39 is 5.54 Å². The summed E-state index contributed by atoms with van der Waals surface area (Å²) in [5.41, 5.74) is 4.81. The molecule has 2 atom stereocenters. The van der Waals surface area contributed by atoms with E-state index >= 15 is 0 Å². The number of benzene rings is 4. The van der Waals surface area contributed by atoms with Crippen molar-refractivity contribution >= 4 is 11.8 Å². The van der Waals surface area contributed by atoms with Crippen LogP contribution >= 0.6 is 0 Å². The van der Waals surface area contributed by atoms with E-state index in [4.69, 9.17) is 4.98 Å². The molecule has 1 saturated carbocycles. The van der Waals surface area contributed by atoms with Gasteiger partial charge in [-0.05, 0) is 41.2 Å². The number of rotatable bonds is 7. The number of amides is 2. The quantitative estimate of drug-likeness (QED) is 0.196. The van der Waals surface area contributed by atoms with Gasteiger partial charge in [-0.1, -0.05) is 103 Å². The average molecular weight is 510 g/mol. The highest BCUT2D eigenvalue weighted by Crippen LogP contribution is 2.49. The van der Waals surface area contributed by atoms with Crippen LogP contribution in [0.25, 0.3) is 0 Å². The third-order valence-electron chi connectivity index (χ3n) is 8.16. The lowest BCUT2D eigenvalue weighted by atomic mass is 9.77. The Hall–Kier alpha value is -4.77. The maximum atomic E-state index is 12.9. The van der Waals surface area contributed by atoms with Crippen molar-refractivity contribution in [3.8, 4) is 0 Å². The molecule has 5 nitrogen and oxygen atoms in total. The molecule has 1 fully saturated rings. The first-order valence-electron chi connectivity index (χ1n) is 13.3. The zero-order valence-electron chi connectivity index (χ0n) is 21.4. The maximum Gasteiger partial charge on any atom is 0.261 e. The second-order valence-electron chi connectivity index (χ2n) is 10.4. The van der Waals surface area contributed by atoms with Crippen molar-refractivity contribution in [3.05, 3.63) is 161 Å². The van der Waals surface area contributed by atoms with Crippen LogP contribution in [0.2, 0.25) is 0 Å². The zero-order chi connectivity index (χ0) is 26.4. The SMILES string of the molecule is O=C1c2ccccc2C(=O)N1C[C@@H]1C[C@H]1c1cn(C(c2ccccc2)(c2ccccc2)c2ccccc2)cn1. The van der Waals surface area contributed by atoms with Gasteiger partial charge in [-0.2, -0.15) is 0 Å². The van der Waals surface area contributed by atoms with Gasteiger partial charge in [0.2, 0.25) is 0 Å². The van der Waals surface area contributed by atoms with Crippen molar-refractivity contribution in [1.82, 2.24) is 14.5 Å². The minimum atomic E-state index is -0.609. The maximum absolute atomic E-state index is 12.9. The minimum absolute atomic E-state index is 0.192. The molecule has 5 heteroatoms. The Morgan fingerprint density at radius 3 is 1.62 bits per heavy atom. The Kier molecular flexibility index (Phi) is 5.51. The first-order valence-corrected chi connectivity index (χ1v) is 13.3. The molecule has 0 bridgehead atoms. The van der Waals surface area contributed by atoms with Crippen molar-refractivity contribution in [1.29, 1.82) is 0 Å². The highest BCUT2D eigenvalue weighted by molar-refractivity contribution is 6.21. The first kappa shape index (κ1) is 23.4. The van der Waals surface area contributed by atoms with E-state index in [9.17, 15) is 9.59 Å². The molecule has 0 saturated heterocycles. The summed E-state index contributed by atoms with van der Waals surface area (Å²) in [7, 11) is 0. The summed E-state index contributed by atoms with van der Waals surface area (Å²) >= 11 is 0. The predicted octanol–water partition coefficient (Wildman–Crippen LogP) is 6.12. The number of imidazole rings is 1. The van der Waals surface area contributed by atoms with Gasteiger partial charge in [0, 0.05) is 18.7 Å². The largest absolute Gasteiger partial charge is 0.319 e. The Labute approximate surface area is 227 Å². The van der Waals surface area contributed by atoms with E-state index in [1.54, 1.807) is 24.3 Å². The van der Waals surface area contributed by atoms with Crippen molar-refractivity contribution in [2.45, 2.75) is 17.9 Å². The van der Waals surface area contributed by atoms with Gasteiger partial charge in [0.1, 0.15) is 5.54 Å². The lowest BCUT2D eigenvalue weighted by molar-refractivity contribution is 0.0646. The van der Waals surface area contributed by atoms with Crippen molar-refractivity contribution in [3.63, 3.8) is 0 Å². The summed E-state index contributed by atoms with van der Waals surface area (Å²) in [5.74, 6) is 0.0248. The van der Waals surface area contributed by atoms with Crippen molar-refractivity contribution in [2.24, 2.45) is 5.92 Å². The second-order valence-corrected chi connectivity index (χ2v) is 10.4. The van der Waals surface area contributed by atoms with Gasteiger partial charge in [0.25, 0.3) is 11.8 Å². The number of carbonyl (C=O) groups excluding carboxylic acids is 2. The van der Waals surface area contributed by atoms with Crippen LogP contribution in [0.15, 0.2) is 128 Å². The third-order valence-corrected chi connectivity index (χ3v) is 8.16. The molecule has 1 aromatic heterocycles. The molecule has 2 amide bonds. The first-order chi connectivity index (χ1) is 19.2. The Morgan fingerprint density at radius 1 is 0.667 bits per heavy atom. The van der Waals surface area contributed by atoms with Crippen LogP contribution in [0.5, 0.6) is 0 Å². The van der Waals surface area contributed by atoms with E-state index in [1.807, 2.05) is 24.5 Å². The molecular weight excluding hydrogens is 482 g/mol. The number of fused-ring (bicyclic) bond motifs is 1. The van der Waals surface area contributed by atoms with Gasteiger partial charge < -0.3 is 4.57 Å². The van der Waals surface area contributed by atoms with Crippen LogP contribution in [-0.2, 0) is 5.54 Å². The zero-order valence-corrected chi connectivity index (χ0v) is 21.4. The van der Waals surface area contributed by atoms with Crippen LogP contribution in [-0.4, -0.2) is 32.8 Å². The van der Waals surface area contributed by atoms with Crippen LogP contribution in [0.3, 0.4) is 0 Å². The predicted molar refractivity (Wildman–Crippen MR) is 149 cm³/mol. The standard InChI is InChI=1S/C34H27N3O2/c38-32-28-18-10-11-19-29(28)33(39)37(32)21-24-20-30(24)31-22-36(23-35-31)34(25-12-4-1-5-13-25,26-14-6-2-7-15-26)27-16-8-3-9-17-27/h1-19,22-24,30H,20-21H2/t24-,30+/m0/s1. The molecule has 1 aliphatic carbocycles. The van der Waals surface area contributed by atoms with Gasteiger partial charge in [-0.15, -0.1) is 0 Å². The van der Waals surface area contributed by atoms with Crippen molar-refractivity contribution < 1.29 is 9.59 Å². The summed E-state index contributed by atoms with van der Waals surface area (Å²) in [6.07, 6.45) is 4.99. The topological polar surface area (TPSA) is 55.2 Å². The fourth-order valence-electron chi connectivity index (χ4n) is 6.15. The molecule has 1 aliphatic heterocycles. The van der Waals surface area contributed by atoms with E-state index in [1.165, 1.54) is 4.90 Å². The fraction of sp³-hybridized carbons (Fsp3) is 0.147. The highest BCUT2D eigenvalue weighted by atomic mass is 16.2. The van der Waals surface area contributed by atoms with Gasteiger partial charge in [-0.3, -0.25) is 14.5 Å². The lowest BCUT2D eigenvalue weighted by Crippen LogP contribution is -2.36. The molecule has 0 N–H and O–H groups in total. The number of hydrogen-bond acceptors (Lipinski definition) is 3. The molecule has 190 valence electrons. The Morgan fingerprint density at radius 2 is 1.13 bits per heavy atom. The number of imide groups is 1. The summed E-state index contributed by atoms with van der Waals surface area (Å²) in [6, 6.07) is 38.7. The van der Waals surface area contributed by atoms with Gasteiger partial charge in [0.05, 0.1) is 23.1 Å². The van der Waals surface area contributed by atoms with Gasteiger partial charge in [0.15, 0.2) is 0 Å². The normalized spacial score (nSPS) is 18.3. The van der Waals surface area contributed by atoms with E-state index in [0.29, 0.717) is 17.7 Å². The van der Waals surface area contributed by atoms with Crippen molar-refractivity contribution in [2.75, 3.05) is 6.54 Å². The van der Waals surface area contributed by atoms with E-state index in [0.717, 1.165) is 28.8 Å². The van der Waals surface area contributed by atoms with Gasteiger partial charge >= 0.3 is 0 Å². The summed E-state index contributed by atoms with van der Waals surface area (Å²) in [4.78, 5) is 32.1. The number of aromatic nitrogens is 2. The van der Waals surface area contributed by atoms with Crippen LogP contribution < -0.4 is 0 Å². The number of hydrogen-bond donors (Lipinski definition) is 0. The molecule has 2 heterocycles. The molecule has 39 heavy (non-hydrogen) atoms. The minimum Gasteiger partial charge on any atom is -0.319 e. The summed E-state index contributed by atoms with van der Waals surface area (Å²) in [6.45, 7) is 0.422. The molecule has 5 aromatic rings. The smallest absolute Gasteiger partial charge is 0.261 e. The summed E-state index contributed by atoms with van der Waals surface area (Å²) in [5, 5.41) is 0. The molecule has 0 radical (unpaired) electrons. The average Bonchev–Trinajstić information content (AvgIpc) is 3.52. The van der Waals surface area contributed by atoms with E-state index in [-0.39, 0.29) is 23.7 Å². The summed E-state index contributed by atoms with van der Waals surface area (Å²) < 4.78 is 2.22.